The van der Waals surface area contributed by atoms with Crippen molar-refractivity contribution in [2.24, 2.45) is 0 Å². The van der Waals surface area contributed by atoms with E-state index in [1.165, 1.54) is 6.20 Å². The summed E-state index contributed by atoms with van der Waals surface area (Å²) in [6.07, 6.45) is 0.769. The summed E-state index contributed by atoms with van der Waals surface area (Å²) in [6, 6.07) is 13.8. The standard InChI is InChI=1S/C21H21ClN4O3/c1-13-6-7-14(2)26(13)25-21(28)16-8-10-17(11-9-16)29-15(3)20(27)24-18-5-4-12-23-19(18)22/h4-12,15H,1-3H3,(H,24,27)(H,25,28)/t15-/m0/s1. The Morgan fingerprint density at radius 3 is 2.34 bits per heavy atom. The van der Waals surface area contributed by atoms with Gasteiger partial charge < -0.3 is 10.1 Å². The van der Waals surface area contributed by atoms with Crippen LogP contribution in [0.15, 0.2) is 54.7 Å². The first-order valence-corrected chi connectivity index (χ1v) is 9.37. The molecule has 0 aliphatic carbocycles. The molecular formula is C21H21ClN4O3. The van der Waals surface area contributed by atoms with Gasteiger partial charge in [0.2, 0.25) is 0 Å². The Labute approximate surface area is 173 Å². The lowest BCUT2D eigenvalue weighted by Crippen LogP contribution is -2.30. The van der Waals surface area contributed by atoms with Gasteiger partial charge >= 0.3 is 0 Å². The SMILES string of the molecule is Cc1ccc(C)n1NC(=O)c1ccc(O[C@@H](C)C(=O)Nc2cccnc2Cl)cc1. The van der Waals surface area contributed by atoms with Crippen molar-refractivity contribution >= 4 is 29.1 Å². The monoisotopic (exact) mass is 412 g/mol. The number of ether oxygens (including phenoxy) is 1. The molecule has 3 rings (SSSR count). The number of benzene rings is 1. The van der Waals surface area contributed by atoms with E-state index in [1.807, 2.05) is 26.0 Å². The second-order valence-corrected chi connectivity index (χ2v) is 6.87. The molecule has 7 nitrogen and oxygen atoms in total. The first-order chi connectivity index (χ1) is 13.8. The number of halogens is 1. The molecule has 2 N–H and O–H groups in total. The molecule has 1 atom stereocenters. The van der Waals surface area contributed by atoms with E-state index >= 15 is 0 Å². The predicted octanol–water partition coefficient (Wildman–Crippen LogP) is 3.94. The zero-order valence-corrected chi connectivity index (χ0v) is 17.0. The van der Waals surface area contributed by atoms with Gasteiger partial charge in [-0.15, -0.1) is 0 Å². The number of anilines is 1. The number of aromatic nitrogens is 2. The molecule has 0 saturated heterocycles. The summed E-state index contributed by atoms with van der Waals surface area (Å²) in [6.45, 7) is 5.45. The van der Waals surface area contributed by atoms with Crippen LogP contribution in [0, 0.1) is 13.8 Å². The summed E-state index contributed by atoms with van der Waals surface area (Å²) < 4.78 is 7.38. The van der Waals surface area contributed by atoms with Crippen molar-refractivity contribution in [2.45, 2.75) is 26.9 Å². The smallest absolute Gasteiger partial charge is 0.270 e. The number of amides is 2. The lowest BCUT2D eigenvalue weighted by molar-refractivity contribution is -0.122. The average Bonchev–Trinajstić information content (AvgIpc) is 3.02. The largest absolute Gasteiger partial charge is 0.481 e. The van der Waals surface area contributed by atoms with E-state index in [0.29, 0.717) is 17.0 Å². The number of aryl methyl sites for hydroxylation is 2. The second-order valence-electron chi connectivity index (χ2n) is 6.51. The van der Waals surface area contributed by atoms with Gasteiger partial charge in [0.05, 0.1) is 5.69 Å². The fourth-order valence-corrected chi connectivity index (χ4v) is 2.83. The maximum absolute atomic E-state index is 12.4. The third-order valence-electron chi connectivity index (χ3n) is 4.30. The molecular weight excluding hydrogens is 392 g/mol. The molecule has 1 aromatic carbocycles. The summed E-state index contributed by atoms with van der Waals surface area (Å²) in [7, 11) is 0. The van der Waals surface area contributed by atoms with Crippen LogP contribution in [0.4, 0.5) is 5.69 Å². The number of hydrogen-bond donors (Lipinski definition) is 2. The Bertz CT molecular complexity index is 1010. The van der Waals surface area contributed by atoms with E-state index in [4.69, 9.17) is 16.3 Å². The van der Waals surface area contributed by atoms with Gasteiger partial charge in [-0.3, -0.25) is 19.7 Å². The van der Waals surface area contributed by atoms with Crippen molar-refractivity contribution in [1.29, 1.82) is 0 Å². The van der Waals surface area contributed by atoms with Crippen molar-refractivity contribution in [2.75, 3.05) is 10.7 Å². The van der Waals surface area contributed by atoms with Crippen LogP contribution in [0.25, 0.3) is 0 Å². The Balaban J connectivity index is 1.60. The second kappa shape index (κ2) is 8.79. The third-order valence-corrected chi connectivity index (χ3v) is 4.60. The van der Waals surface area contributed by atoms with Gasteiger partial charge in [-0.2, -0.15) is 0 Å². The van der Waals surface area contributed by atoms with E-state index in [0.717, 1.165) is 11.4 Å². The van der Waals surface area contributed by atoms with Crippen LogP contribution in [-0.2, 0) is 4.79 Å². The van der Waals surface area contributed by atoms with Gasteiger partial charge in [0.1, 0.15) is 5.75 Å². The molecule has 2 amide bonds. The Kier molecular flexibility index (Phi) is 6.19. The van der Waals surface area contributed by atoms with E-state index in [9.17, 15) is 9.59 Å². The van der Waals surface area contributed by atoms with Crippen molar-refractivity contribution in [3.8, 4) is 5.75 Å². The Morgan fingerprint density at radius 1 is 1.07 bits per heavy atom. The van der Waals surface area contributed by atoms with Gasteiger partial charge in [-0.05, 0) is 69.3 Å². The third kappa shape index (κ3) is 4.94. The summed E-state index contributed by atoms with van der Waals surface area (Å²) in [5.41, 5.74) is 5.60. The van der Waals surface area contributed by atoms with E-state index in [1.54, 1.807) is 48.0 Å². The first-order valence-electron chi connectivity index (χ1n) is 8.99. The Morgan fingerprint density at radius 2 is 1.72 bits per heavy atom. The molecule has 0 radical (unpaired) electrons. The normalized spacial score (nSPS) is 11.6. The summed E-state index contributed by atoms with van der Waals surface area (Å²) in [4.78, 5) is 28.6. The van der Waals surface area contributed by atoms with Crippen LogP contribution in [0.3, 0.4) is 0 Å². The van der Waals surface area contributed by atoms with Gasteiger partial charge in [0.15, 0.2) is 11.3 Å². The molecule has 8 heteroatoms. The maximum atomic E-state index is 12.4. The summed E-state index contributed by atoms with van der Waals surface area (Å²) >= 11 is 5.94. The molecule has 2 aromatic heterocycles. The van der Waals surface area contributed by atoms with Crippen LogP contribution in [0.5, 0.6) is 5.75 Å². The quantitative estimate of drug-likeness (QED) is 0.600. The number of rotatable bonds is 6. The topological polar surface area (TPSA) is 85.2 Å². The van der Waals surface area contributed by atoms with Gasteiger partial charge in [0.25, 0.3) is 11.8 Å². The van der Waals surface area contributed by atoms with Crippen LogP contribution in [0.1, 0.15) is 28.7 Å². The molecule has 2 heterocycles. The van der Waals surface area contributed by atoms with Crippen molar-refractivity contribution in [3.63, 3.8) is 0 Å². The maximum Gasteiger partial charge on any atom is 0.270 e. The minimum absolute atomic E-state index is 0.205. The number of nitrogens with zero attached hydrogens (tertiary/aromatic N) is 2. The van der Waals surface area contributed by atoms with Crippen molar-refractivity contribution < 1.29 is 14.3 Å². The molecule has 0 unspecified atom stereocenters. The number of nitrogens with one attached hydrogen (secondary N) is 2. The Hall–Kier alpha value is -3.32. The highest BCUT2D eigenvalue weighted by atomic mass is 35.5. The van der Waals surface area contributed by atoms with E-state index in [-0.39, 0.29) is 17.0 Å². The first kappa shape index (κ1) is 20.4. The van der Waals surface area contributed by atoms with Gasteiger partial charge in [-0.1, -0.05) is 11.6 Å². The van der Waals surface area contributed by atoms with E-state index in [2.05, 4.69) is 15.7 Å². The minimum atomic E-state index is -0.767. The molecule has 0 fully saturated rings. The number of carbonyl (C=O) groups is 2. The molecule has 0 bridgehead atoms. The minimum Gasteiger partial charge on any atom is -0.481 e. The van der Waals surface area contributed by atoms with Gasteiger partial charge in [-0.25, -0.2) is 4.98 Å². The van der Waals surface area contributed by atoms with Crippen LogP contribution < -0.4 is 15.5 Å². The van der Waals surface area contributed by atoms with Crippen LogP contribution >= 0.6 is 11.6 Å². The summed E-state index contributed by atoms with van der Waals surface area (Å²) in [5, 5.41) is 2.88. The highest BCUT2D eigenvalue weighted by Gasteiger charge is 2.17. The fourth-order valence-electron chi connectivity index (χ4n) is 2.67. The zero-order valence-electron chi connectivity index (χ0n) is 16.3. The molecule has 0 aliphatic heterocycles. The fraction of sp³-hybridized carbons (Fsp3) is 0.190. The molecule has 0 saturated carbocycles. The van der Waals surface area contributed by atoms with Crippen LogP contribution in [0.2, 0.25) is 5.15 Å². The predicted molar refractivity (Wildman–Crippen MR) is 112 cm³/mol. The van der Waals surface area contributed by atoms with Gasteiger partial charge in [0, 0.05) is 23.1 Å². The zero-order chi connectivity index (χ0) is 21.0. The molecule has 0 aliphatic rings. The average molecular weight is 413 g/mol. The molecule has 0 spiro atoms. The van der Waals surface area contributed by atoms with E-state index < -0.39 is 6.10 Å². The highest BCUT2D eigenvalue weighted by molar-refractivity contribution is 6.32. The van der Waals surface area contributed by atoms with Crippen molar-refractivity contribution in [1.82, 2.24) is 9.66 Å². The molecule has 150 valence electrons. The lowest BCUT2D eigenvalue weighted by Gasteiger charge is -2.15. The number of hydrogen-bond acceptors (Lipinski definition) is 4. The highest BCUT2D eigenvalue weighted by Crippen LogP contribution is 2.19. The number of carbonyl (C=O) groups excluding carboxylic acids is 2. The molecule has 3 aromatic rings. The number of pyridine rings is 1. The van der Waals surface area contributed by atoms with Crippen molar-refractivity contribution in [3.05, 3.63) is 76.8 Å². The lowest BCUT2D eigenvalue weighted by atomic mass is 10.2. The van der Waals surface area contributed by atoms with Crippen LogP contribution in [-0.4, -0.2) is 27.6 Å². The molecule has 29 heavy (non-hydrogen) atoms. The summed E-state index contributed by atoms with van der Waals surface area (Å²) in [5.74, 6) is -0.133.